The minimum Gasteiger partial charge on any atom is -0.325 e. The molecule has 0 unspecified atom stereocenters. The predicted octanol–water partition coefficient (Wildman–Crippen LogP) is 2.99. The van der Waals surface area contributed by atoms with Crippen molar-refractivity contribution in [3.8, 4) is 0 Å². The van der Waals surface area contributed by atoms with Gasteiger partial charge in [0.25, 0.3) is 0 Å². The molecule has 0 aromatic heterocycles. The number of aryl methyl sites for hydroxylation is 1. The summed E-state index contributed by atoms with van der Waals surface area (Å²) in [4.78, 5) is 11.2. The van der Waals surface area contributed by atoms with Crippen LogP contribution in [0, 0.1) is 6.92 Å². The number of thiol groups is 1. The lowest BCUT2D eigenvalue weighted by atomic mass is 10.0. The van der Waals surface area contributed by atoms with Crippen molar-refractivity contribution in [3.63, 3.8) is 0 Å². The monoisotopic (exact) mass is 223 g/mol. The van der Waals surface area contributed by atoms with Gasteiger partial charge in [0, 0.05) is 5.69 Å². The van der Waals surface area contributed by atoms with Gasteiger partial charge in [-0.1, -0.05) is 26.0 Å². The van der Waals surface area contributed by atoms with Crippen LogP contribution >= 0.6 is 12.6 Å². The summed E-state index contributed by atoms with van der Waals surface area (Å²) in [5, 5.41) is 2.84. The Morgan fingerprint density at radius 1 is 1.47 bits per heavy atom. The fraction of sp³-hybridized carbons (Fsp3) is 0.417. The molecule has 0 aliphatic carbocycles. The van der Waals surface area contributed by atoms with Gasteiger partial charge in [-0.25, -0.2) is 0 Å². The molecular weight excluding hydrogens is 206 g/mol. The Labute approximate surface area is 96.5 Å². The first kappa shape index (κ1) is 12.1. The summed E-state index contributed by atoms with van der Waals surface area (Å²) in [7, 11) is 0. The second-order valence-electron chi connectivity index (χ2n) is 3.94. The minimum absolute atomic E-state index is 0.0673. The molecule has 0 spiro atoms. The number of carbonyl (C=O) groups excluding carboxylic acids is 1. The molecule has 3 heteroatoms. The van der Waals surface area contributed by atoms with E-state index in [-0.39, 0.29) is 11.7 Å². The lowest BCUT2D eigenvalue weighted by Gasteiger charge is -2.11. The van der Waals surface area contributed by atoms with Crippen LogP contribution in [0.5, 0.6) is 0 Å². The van der Waals surface area contributed by atoms with Crippen molar-refractivity contribution in [1.29, 1.82) is 0 Å². The van der Waals surface area contributed by atoms with E-state index < -0.39 is 0 Å². The second-order valence-corrected chi connectivity index (χ2v) is 4.25. The fourth-order valence-corrected chi connectivity index (χ4v) is 1.40. The second kappa shape index (κ2) is 5.21. The van der Waals surface area contributed by atoms with E-state index in [2.05, 4.69) is 37.9 Å². The first-order valence-corrected chi connectivity index (χ1v) is 5.69. The molecule has 0 fully saturated rings. The highest BCUT2D eigenvalue weighted by Crippen LogP contribution is 2.22. The van der Waals surface area contributed by atoms with Crippen LogP contribution in [0.2, 0.25) is 0 Å². The summed E-state index contributed by atoms with van der Waals surface area (Å²) < 4.78 is 0. The van der Waals surface area contributed by atoms with E-state index in [0.717, 1.165) is 11.3 Å². The number of nitrogens with one attached hydrogen (secondary N) is 1. The molecule has 0 radical (unpaired) electrons. The molecule has 1 N–H and O–H groups in total. The molecule has 1 aromatic rings. The van der Waals surface area contributed by atoms with E-state index in [0.29, 0.717) is 5.92 Å². The summed E-state index contributed by atoms with van der Waals surface area (Å²) in [6.45, 7) is 6.25. The molecule has 0 saturated carbocycles. The van der Waals surface area contributed by atoms with Crippen molar-refractivity contribution >= 4 is 24.2 Å². The van der Waals surface area contributed by atoms with Crippen molar-refractivity contribution in [1.82, 2.24) is 0 Å². The van der Waals surface area contributed by atoms with E-state index in [1.54, 1.807) is 0 Å². The maximum atomic E-state index is 11.2. The van der Waals surface area contributed by atoms with Gasteiger partial charge in [0.2, 0.25) is 5.91 Å². The maximum absolute atomic E-state index is 11.2. The first-order valence-electron chi connectivity index (χ1n) is 5.06. The van der Waals surface area contributed by atoms with E-state index in [4.69, 9.17) is 0 Å². The number of benzene rings is 1. The third kappa shape index (κ3) is 3.27. The van der Waals surface area contributed by atoms with Gasteiger partial charge in [0.1, 0.15) is 0 Å². The molecule has 0 saturated heterocycles. The third-order valence-electron chi connectivity index (χ3n) is 2.35. The molecule has 1 aromatic carbocycles. The summed E-state index contributed by atoms with van der Waals surface area (Å²) in [6, 6.07) is 6.15. The molecule has 1 rings (SSSR count). The quantitative estimate of drug-likeness (QED) is 0.758. The highest BCUT2D eigenvalue weighted by Gasteiger charge is 2.05. The normalized spacial score (nSPS) is 10.5. The number of amides is 1. The molecule has 0 bridgehead atoms. The SMILES string of the molecule is Cc1ccc(C(C)C)cc1NC(=O)CS. The highest BCUT2D eigenvalue weighted by molar-refractivity contribution is 7.81. The molecule has 82 valence electrons. The molecule has 1 amide bonds. The molecule has 0 aliphatic heterocycles. The molecule has 2 nitrogen and oxygen atoms in total. The van der Waals surface area contributed by atoms with Crippen molar-refractivity contribution in [2.24, 2.45) is 0 Å². The molecule has 0 aliphatic rings. The number of anilines is 1. The number of carbonyl (C=O) groups is 1. The summed E-state index contributed by atoms with van der Waals surface area (Å²) in [6.07, 6.45) is 0. The zero-order valence-electron chi connectivity index (χ0n) is 9.37. The van der Waals surface area contributed by atoms with Crippen LogP contribution in [-0.2, 0) is 4.79 Å². The van der Waals surface area contributed by atoms with Gasteiger partial charge in [-0.3, -0.25) is 4.79 Å². The van der Waals surface area contributed by atoms with E-state index in [9.17, 15) is 4.79 Å². The Morgan fingerprint density at radius 3 is 2.67 bits per heavy atom. The van der Waals surface area contributed by atoms with Crippen molar-refractivity contribution in [2.45, 2.75) is 26.7 Å². The summed E-state index contributed by atoms with van der Waals surface area (Å²) in [5.41, 5.74) is 3.20. The third-order valence-corrected chi connectivity index (χ3v) is 2.63. The fourth-order valence-electron chi connectivity index (χ4n) is 1.32. The standard InChI is InChI=1S/C12H17NOS/c1-8(2)10-5-4-9(3)11(6-10)13-12(14)7-15/h4-6,8,15H,7H2,1-3H3,(H,13,14). The first-order chi connectivity index (χ1) is 7.04. The molecule has 0 atom stereocenters. The lowest BCUT2D eigenvalue weighted by Crippen LogP contribution is -2.13. The van der Waals surface area contributed by atoms with Crippen molar-refractivity contribution in [2.75, 3.05) is 11.1 Å². The van der Waals surface area contributed by atoms with Gasteiger partial charge in [-0.05, 0) is 30.0 Å². The van der Waals surface area contributed by atoms with Crippen LogP contribution in [0.25, 0.3) is 0 Å². The van der Waals surface area contributed by atoms with Crippen LogP contribution in [-0.4, -0.2) is 11.7 Å². The smallest absolute Gasteiger partial charge is 0.234 e. The summed E-state index contributed by atoms with van der Waals surface area (Å²) >= 11 is 3.93. The van der Waals surface area contributed by atoms with Crippen molar-refractivity contribution < 1.29 is 4.79 Å². The van der Waals surface area contributed by atoms with E-state index >= 15 is 0 Å². The number of rotatable bonds is 3. The zero-order chi connectivity index (χ0) is 11.4. The van der Waals surface area contributed by atoms with Crippen LogP contribution < -0.4 is 5.32 Å². The Morgan fingerprint density at radius 2 is 2.13 bits per heavy atom. The van der Waals surface area contributed by atoms with Gasteiger partial charge in [0.05, 0.1) is 5.75 Å². The molecule has 15 heavy (non-hydrogen) atoms. The zero-order valence-corrected chi connectivity index (χ0v) is 10.3. The van der Waals surface area contributed by atoms with Crippen molar-refractivity contribution in [3.05, 3.63) is 29.3 Å². The van der Waals surface area contributed by atoms with E-state index in [1.165, 1.54) is 5.56 Å². The van der Waals surface area contributed by atoms with Crippen LogP contribution in [0.1, 0.15) is 30.9 Å². The average Bonchev–Trinajstić information content (AvgIpc) is 2.20. The average molecular weight is 223 g/mol. The topological polar surface area (TPSA) is 29.1 Å². The van der Waals surface area contributed by atoms with Crippen LogP contribution in [0.3, 0.4) is 0 Å². The van der Waals surface area contributed by atoms with Gasteiger partial charge >= 0.3 is 0 Å². The minimum atomic E-state index is -0.0673. The van der Waals surface area contributed by atoms with Gasteiger partial charge in [-0.2, -0.15) is 12.6 Å². The Kier molecular flexibility index (Phi) is 4.21. The number of hydrogen-bond acceptors (Lipinski definition) is 2. The predicted molar refractivity (Wildman–Crippen MR) is 67.8 cm³/mol. The van der Waals surface area contributed by atoms with Crippen LogP contribution in [0.15, 0.2) is 18.2 Å². The molecular formula is C12H17NOS. The highest BCUT2D eigenvalue weighted by atomic mass is 32.1. The van der Waals surface area contributed by atoms with Gasteiger partial charge in [0.15, 0.2) is 0 Å². The van der Waals surface area contributed by atoms with Gasteiger partial charge < -0.3 is 5.32 Å². The summed E-state index contributed by atoms with van der Waals surface area (Å²) in [5.74, 6) is 0.616. The van der Waals surface area contributed by atoms with Crippen LogP contribution in [0.4, 0.5) is 5.69 Å². The Balaban J connectivity index is 2.95. The van der Waals surface area contributed by atoms with Gasteiger partial charge in [-0.15, -0.1) is 0 Å². The largest absolute Gasteiger partial charge is 0.325 e. The molecule has 0 heterocycles. The Hall–Kier alpha value is -0.960. The maximum Gasteiger partial charge on any atom is 0.234 e. The number of hydrogen-bond donors (Lipinski definition) is 2. The lowest BCUT2D eigenvalue weighted by molar-refractivity contribution is -0.113. The Bertz CT molecular complexity index is 361. The van der Waals surface area contributed by atoms with E-state index in [1.807, 2.05) is 19.1 Å².